The van der Waals surface area contributed by atoms with Crippen LogP contribution in [0.4, 0.5) is 13.2 Å². The molecule has 0 saturated heterocycles. The van der Waals surface area contributed by atoms with Gasteiger partial charge in [-0.15, -0.1) is 0 Å². The van der Waals surface area contributed by atoms with Crippen molar-refractivity contribution in [3.8, 4) is 11.5 Å². The molecule has 0 heterocycles. The number of carbonyl (C=O) groups excluding carboxylic acids is 2. The number of ether oxygens (including phenoxy) is 3. The second-order valence-corrected chi connectivity index (χ2v) is 5.55. The van der Waals surface area contributed by atoms with Gasteiger partial charge in [0, 0.05) is 6.54 Å². The first-order chi connectivity index (χ1) is 13.3. The van der Waals surface area contributed by atoms with Gasteiger partial charge in [0.25, 0.3) is 5.91 Å². The number of hydrogen-bond donors (Lipinski definition) is 1. The highest BCUT2D eigenvalue weighted by molar-refractivity contribution is 5.94. The van der Waals surface area contributed by atoms with Crippen LogP contribution in [0.15, 0.2) is 42.5 Å². The van der Waals surface area contributed by atoms with Gasteiger partial charge in [0.15, 0.2) is 18.1 Å². The van der Waals surface area contributed by atoms with Crippen LogP contribution in [0.2, 0.25) is 0 Å². The average Bonchev–Trinajstić information content (AvgIpc) is 2.69. The maximum Gasteiger partial charge on any atom is 0.416 e. The summed E-state index contributed by atoms with van der Waals surface area (Å²) in [5.74, 6) is -1.12. The largest absolute Gasteiger partial charge is 0.493 e. The van der Waals surface area contributed by atoms with Crippen molar-refractivity contribution in [2.75, 3.05) is 20.8 Å². The highest BCUT2D eigenvalue weighted by Crippen LogP contribution is 2.32. The second-order valence-electron chi connectivity index (χ2n) is 5.55. The minimum atomic E-state index is -4.53. The summed E-state index contributed by atoms with van der Waals surface area (Å²) in [6, 6.07) is 9.45. The van der Waals surface area contributed by atoms with E-state index >= 15 is 0 Å². The number of rotatable bonds is 7. The molecule has 0 bridgehead atoms. The molecule has 2 aromatic carbocycles. The van der Waals surface area contributed by atoms with E-state index < -0.39 is 30.2 Å². The van der Waals surface area contributed by atoms with Gasteiger partial charge in [0.05, 0.1) is 19.8 Å². The average molecular weight is 397 g/mol. The molecule has 150 valence electrons. The Morgan fingerprint density at radius 2 is 1.71 bits per heavy atom. The first kappa shape index (κ1) is 21.1. The van der Waals surface area contributed by atoms with Crippen molar-refractivity contribution in [3.63, 3.8) is 0 Å². The second kappa shape index (κ2) is 9.12. The van der Waals surface area contributed by atoms with Crippen molar-refractivity contribution in [3.05, 3.63) is 59.2 Å². The highest BCUT2D eigenvalue weighted by Gasteiger charge is 2.32. The molecule has 2 aromatic rings. The van der Waals surface area contributed by atoms with Crippen LogP contribution in [0.3, 0.4) is 0 Å². The summed E-state index contributed by atoms with van der Waals surface area (Å²) < 4.78 is 53.9. The molecule has 0 fully saturated rings. The number of para-hydroxylation sites is 1. The van der Waals surface area contributed by atoms with Crippen LogP contribution < -0.4 is 14.8 Å². The normalized spacial score (nSPS) is 10.9. The molecule has 0 aliphatic heterocycles. The Balaban J connectivity index is 1.96. The number of amides is 1. The lowest BCUT2D eigenvalue weighted by Gasteiger charge is -2.14. The van der Waals surface area contributed by atoms with Crippen LogP contribution in [0, 0.1) is 0 Å². The lowest BCUT2D eigenvalue weighted by Crippen LogP contribution is -2.29. The van der Waals surface area contributed by atoms with Gasteiger partial charge in [0.2, 0.25) is 0 Å². The van der Waals surface area contributed by atoms with E-state index in [1.807, 2.05) is 0 Å². The summed E-state index contributed by atoms with van der Waals surface area (Å²) in [7, 11) is 2.75. The minimum absolute atomic E-state index is 0.0528. The zero-order chi connectivity index (χ0) is 20.7. The summed E-state index contributed by atoms with van der Waals surface area (Å²) in [6.45, 7) is -1.01. The lowest BCUT2D eigenvalue weighted by atomic mass is 10.1. The maximum absolute atomic E-state index is 12.9. The predicted octanol–water partition coefficient (Wildman–Crippen LogP) is 3.20. The molecule has 2 rings (SSSR count). The summed E-state index contributed by atoms with van der Waals surface area (Å²) >= 11 is 0. The number of alkyl halides is 3. The van der Waals surface area contributed by atoms with Crippen LogP contribution in [-0.2, 0) is 22.3 Å². The Bertz CT molecular complexity index is 852. The third kappa shape index (κ3) is 5.15. The third-order valence-electron chi connectivity index (χ3n) is 3.76. The van der Waals surface area contributed by atoms with Crippen molar-refractivity contribution in [2.24, 2.45) is 0 Å². The Kier molecular flexibility index (Phi) is 6.86. The van der Waals surface area contributed by atoms with E-state index in [0.717, 1.165) is 6.07 Å². The minimum Gasteiger partial charge on any atom is -0.493 e. The Hall–Kier alpha value is -3.23. The van der Waals surface area contributed by atoms with E-state index in [1.165, 1.54) is 38.5 Å². The zero-order valence-corrected chi connectivity index (χ0v) is 15.1. The van der Waals surface area contributed by atoms with Gasteiger partial charge < -0.3 is 19.5 Å². The molecular weight excluding hydrogens is 379 g/mol. The predicted molar refractivity (Wildman–Crippen MR) is 93.1 cm³/mol. The standard InChI is InChI=1S/C19H18F3NO5/c1-26-15-9-5-7-13(17(15)27-2)18(25)28-11-16(24)23-10-12-6-3-4-8-14(12)19(20,21)22/h3-9H,10-11H2,1-2H3,(H,23,24). The molecule has 0 saturated carbocycles. The fraction of sp³-hybridized carbons (Fsp3) is 0.263. The molecular formula is C19H18F3NO5. The maximum atomic E-state index is 12.9. The van der Waals surface area contributed by atoms with Crippen LogP contribution in [0.1, 0.15) is 21.5 Å². The molecule has 9 heteroatoms. The first-order valence-electron chi connectivity index (χ1n) is 8.07. The van der Waals surface area contributed by atoms with Gasteiger partial charge in [-0.3, -0.25) is 4.79 Å². The summed E-state index contributed by atoms with van der Waals surface area (Å²) in [4.78, 5) is 24.0. The van der Waals surface area contributed by atoms with Gasteiger partial charge in [0.1, 0.15) is 5.56 Å². The van der Waals surface area contributed by atoms with Crippen LogP contribution in [0.25, 0.3) is 0 Å². The zero-order valence-electron chi connectivity index (χ0n) is 15.1. The van der Waals surface area contributed by atoms with Crippen molar-refractivity contribution in [2.45, 2.75) is 12.7 Å². The number of esters is 1. The molecule has 1 N–H and O–H groups in total. The molecule has 0 aliphatic rings. The number of hydrogen-bond acceptors (Lipinski definition) is 5. The number of carbonyl (C=O) groups is 2. The molecule has 0 radical (unpaired) electrons. The molecule has 0 unspecified atom stereocenters. The fourth-order valence-electron chi connectivity index (χ4n) is 2.45. The van der Waals surface area contributed by atoms with Gasteiger partial charge in [-0.1, -0.05) is 24.3 Å². The molecule has 0 spiro atoms. The molecule has 0 aliphatic carbocycles. The fourth-order valence-corrected chi connectivity index (χ4v) is 2.45. The van der Waals surface area contributed by atoms with E-state index in [0.29, 0.717) is 5.75 Å². The SMILES string of the molecule is COc1cccc(C(=O)OCC(=O)NCc2ccccc2C(F)(F)F)c1OC. The van der Waals surface area contributed by atoms with Gasteiger partial charge in [-0.25, -0.2) is 4.79 Å². The van der Waals surface area contributed by atoms with Crippen molar-refractivity contribution in [1.29, 1.82) is 0 Å². The molecule has 1 amide bonds. The number of benzene rings is 2. The Labute approximate surface area is 159 Å². The third-order valence-corrected chi connectivity index (χ3v) is 3.76. The molecule has 0 aromatic heterocycles. The van der Waals surface area contributed by atoms with Crippen LogP contribution in [0.5, 0.6) is 11.5 Å². The van der Waals surface area contributed by atoms with Gasteiger partial charge in [-0.2, -0.15) is 13.2 Å². The Morgan fingerprint density at radius 1 is 1.00 bits per heavy atom. The summed E-state index contributed by atoms with van der Waals surface area (Å²) in [5, 5.41) is 2.30. The van der Waals surface area contributed by atoms with Crippen LogP contribution >= 0.6 is 0 Å². The Morgan fingerprint density at radius 3 is 2.36 bits per heavy atom. The van der Waals surface area contributed by atoms with Gasteiger partial charge >= 0.3 is 12.1 Å². The topological polar surface area (TPSA) is 73.9 Å². The van der Waals surface area contributed by atoms with E-state index in [2.05, 4.69) is 5.32 Å². The first-order valence-corrected chi connectivity index (χ1v) is 8.07. The van der Waals surface area contributed by atoms with Crippen molar-refractivity contribution < 1.29 is 37.0 Å². The van der Waals surface area contributed by atoms with E-state index in [9.17, 15) is 22.8 Å². The van der Waals surface area contributed by atoms with Crippen LogP contribution in [-0.4, -0.2) is 32.7 Å². The molecule has 0 atom stereocenters. The molecule has 6 nitrogen and oxygen atoms in total. The van der Waals surface area contributed by atoms with Crippen molar-refractivity contribution >= 4 is 11.9 Å². The van der Waals surface area contributed by atoms with Gasteiger partial charge in [-0.05, 0) is 23.8 Å². The highest BCUT2D eigenvalue weighted by atomic mass is 19.4. The van der Waals surface area contributed by atoms with Crippen molar-refractivity contribution in [1.82, 2.24) is 5.32 Å². The number of halogens is 3. The van der Waals surface area contributed by atoms with E-state index in [-0.39, 0.29) is 23.4 Å². The smallest absolute Gasteiger partial charge is 0.416 e. The van der Waals surface area contributed by atoms with E-state index in [4.69, 9.17) is 14.2 Å². The van der Waals surface area contributed by atoms with E-state index in [1.54, 1.807) is 12.1 Å². The molecule has 28 heavy (non-hydrogen) atoms. The summed E-state index contributed by atoms with van der Waals surface area (Å²) in [6.07, 6.45) is -4.53. The monoisotopic (exact) mass is 397 g/mol. The number of nitrogens with one attached hydrogen (secondary N) is 1. The summed E-state index contributed by atoms with van der Waals surface area (Å²) in [5.41, 5.74) is -0.880. The quantitative estimate of drug-likeness (QED) is 0.727. The lowest BCUT2D eigenvalue weighted by molar-refractivity contribution is -0.138. The number of methoxy groups -OCH3 is 2.